The molecule has 1 N–H and O–H groups in total. The van der Waals surface area contributed by atoms with Gasteiger partial charge in [-0.2, -0.15) is 0 Å². The number of hydrogen-bond acceptors (Lipinski definition) is 3. The van der Waals surface area contributed by atoms with Crippen LogP contribution in [0.2, 0.25) is 0 Å². The monoisotopic (exact) mass is 229 g/mol. The normalized spacial score (nSPS) is 29.1. The molecule has 0 saturated heterocycles. The van der Waals surface area contributed by atoms with Gasteiger partial charge in [-0.1, -0.05) is 20.8 Å². The van der Waals surface area contributed by atoms with E-state index in [1.807, 2.05) is 0 Å². The molecule has 1 aliphatic carbocycles. The van der Waals surface area contributed by atoms with Crippen LogP contribution in [-0.4, -0.2) is 38.0 Å². The molecule has 3 atom stereocenters. The van der Waals surface area contributed by atoms with Gasteiger partial charge in [0.2, 0.25) is 0 Å². The molecule has 0 radical (unpaired) electrons. The van der Waals surface area contributed by atoms with Gasteiger partial charge in [-0.25, -0.2) is 0 Å². The molecule has 0 amide bonds. The van der Waals surface area contributed by atoms with Crippen LogP contribution in [0.15, 0.2) is 0 Å². The first kappa shape index (κ1) is 13.9. The third-order valence-corrected chi connectivity index (χ3v) is 2.96. The van der Waals surface area contributed by atoms with Crippen molar-refractivity contribution in [3.8, 4) is 0 Å². The van der Waals surface area contributed by atoms with Crippen molar-refractivity contribution in [2.75, 3.05) is 19.8 Å². The Bertz CT molecular complexity index is 161. The van der Waals surface area contributed by atoms with Gasteiger partial charge in [-0.05, 0) is 32.2 Å². The third-order valence-electron chi connectivity index (χ3n) is 2.96. The summed E-state index contributed by atoms with van der Waals surface area (Å²) >= 11 is 0. The highest BCUT2D eigenvalue weighted by molar-refractivity contribution is 4.97. The van der Waals surface area contributed by atoms with Crippen LogP contribution in [0.1, 0.15) is 46.5 Å². The molecular weight excluding hydrogens is 202 g/mol. The predicted molar refractivity (Wildman–Crippen MR) is 66.8 cm³/mol. The van der Waals surface area contributed by atoms with E-state index in [1.54, 1.807) is 0 Å². The van der Waals surface area contributed by atoms with Crippen LogP contribution >= 0.6 is 0 Å². The molecule has 3 heteroatoms. The predicted octanol–water partition coefficient (Wildman–Crippen LogP) is 2.35. The molecule has 0 heterocycles. The fourth-order valence-corrected chi connectivity index (χ4v) is 2.02. The van der Waals surface area contributed by atoms with Crippen LogP contribution in [0.5, 0.6) is 0 Å². The molecule has 16 heavy (non-hydrogen) atoms. The van der Waals surface area contributed by atoms with Crippen LogP contribution in [0.25, 0.3) is 0 Å². The first-order valence-corrected chi connectivity index (χ1v) is 6.80. The van der Waals surface area contributed by atoms with Gasteiger partial charge in [0, 0.05) is 19.3 Å². The molecule has 0 aromatic rings. The summed E-state index contributed by atoms with van der Waals surface area (Å²) in [7, 11) is 0. The van der Waals surface area contributed by atoms with Gasteiger partial charge in [0.1, 0.15) is 0 Å². The Kier molecular flexibility index (Phi) is 7.01. The van der Waals surface area contributed by atoms with Gasteiger partial charge < -0.3 is 14.8 Å². The smallest absolute Gasteiger partial charge is 0.0990 e. The maximum absolute atomic E-state index is 5.86. The van der Waals surface area contributed by atoms with Gasteiger partial charge in [0.25, 0.3) is 0 Å². The molecule has 1 rings (SSSR count). The van der Waals surface area contributed by atoms with Gasteiger partial charge in [-0.15, -0.1) is 0 Å². The van der Waals surface area contributed by atoms with E-state index in [2.05, 4.69) is 26.1 Å². The highest BCUT2D eigenvalue weighted by Crippen LogP contribution is 2.27. The number of rotatable bonds is 9. The molecule has 0 bridgehead atoms. The van der Waals surface area contributed by atoms with E-state index in [9.17, 15) is 0 Å². The number of nitrogens with one attached hydrogen (secondary N) is 1. The second-order valence-corrected chi connectivity index (χ2v) is 4.54. The molecule has 0 aliphatic heterocycles. The summed E-state index contributed by atoms with van der Waals surface area (Å²) in [6.45, 7) is 9.27. The fraction of sp³-hybridized carbons (Fsp3) is 1.00. The standard InChI is InChI=1S/C13H27NO2/c1-4-7-14-11-10-12(15-8-5-2)13(11)16-9-6-3/h11-14H,4-10H2,1-3H3. The number of hydrogen-bond donors (Lipinski definition) is 1. The van der Waals surface area contributed by atoms with Crippen LogP contribution < -0.4 is 5.32 Å². The molecule has 1 saturated carbocycles. The second kappa shape index (κ2) is 8.04. The van der Waals surface area contributed by atoms with Gasteiger partial charge in [0.15, 0.2) is 0 Å². The van der Waals surface area contributed by atoms with E-state index in [4.69, 9.17) is 9.47 Å². The van der Waals surface area contributed by atoms with Crippen LogP contribution in [0.4, 0.5) is 0 Å². The van der Waals surface area contributed by atoms with Gasteiger partial charge >= 0.3 is 0 Å². The Balaban J connectivity index is 2.26. The Labute approximate surface area is 99.9 Å². The lowest BCUT2D eigenvalue weighted by Crippen LogP contribution is -2.60. The zero-order valence-electron chi connectivity index (χ0n) is 11.0. The summed E-state index contributed by atoms with van der Waals surface area (Å²) in [6, 6.07) is 0.508. The van der Waals surface area contributed by atoms with Crippen molar-refractivity contribution >= 4 is 0 Å². The second-order valence-electron chi connectivity index (χ2n) is 4.54. The highest BCUT2D eigenvalue weighted by Gasteiger charge is 2.42. The summed E-state index contributed by atoms with van der Waals surface area (Å²) in [5.74, 6) is 0. The highest BCUT2D eigenvalue weighted by atomic mass is 16.5. The lowest BCUT2D eigenvalue weighted by Gasteiger charge is -2.44. The molecule has 3 unspecified atom stereocenters. The van der Waals surface area contributed by atoms with E-state index in [0.717, 1.165) is 39.0 Å². The Morgan fingerprint density at radius 1 is 1.00 bits per heavy atom. The van der Waals surface area contributed by atoms with Crippen molar-refractivity contribution in [3.63, 3.8) is 0 Å². The summed E-state index contributed by atoms with van der Waals surface area (Å²) in [5.41, 5.74) is 0. The minimum atomic E-state index is 0.276. The van der Waals surface area contributed by atoms with Crippen LogP contribution in [0, 0.1) is 0 Å². The molecule has 0 aromatic heterocycles. The van der Waals surface area contributed by atoms with Crippen molar-refractivity contribution in [2.24, 2.45) is 0 Å². The van der Waals surface area contributed by atoms with Crippen molar-refractivity contribution in [3.05, 3.63) is 0 Å². The minimum absolute atomic E-state index is 0.276. The van der Waals surface area contributed by atoms with Crippen LogP contribution in [-0.2, 0) is 9.47 Å². The summed E-state index contributed by atoms with van der Waals surface area (Å²) in [5, 5.41) is 3.53. The fourth-order valence-electron chi connectivity index (χ4n) is 2.02. The molecule has 0 aromatic carbocycles. The topological polar surface area (TPSA) is 30.5 Å². The Morgan fingerprint density at radius 3 is 2.31 bits per heavy atom. The molecule has 3 nitrogen and oxygen atoms in total. The lowest BCUT2D eigenvalue weighted by molar-refractivity contribution is -0.146. The van der Waals surface area contributed by atoms with Crippen LogP contribution in [0.3, 0.4) is 0 Å². The van der Waals surface area contributed by atoms with Gasteiger partial charge in [-0.3, -0.25) is 0 Å². The summed E-state index contributed by atoms with van der Waals surface area (Å²) in [4.78, 5) is 0. The van der Waals surface area contributed by atoms with E-state index in [0.29, 0.717) is 12.1 Å². The van der Waals surface area contributed by atoms with Crippen molar-refractivity contribution in [2.45, 2.75) is 64.7 Å². The van der Waals surface area contributed by atoms with E-state index in [1.165, 1.54) is 6.42 Å². The lowest BCUT2D eigenvalue weighted by atomic mass is 9.85. The van der Waals surface area contributed by atoms with Gasteiger partial charge in [0.05, 0.1) is 12.2 Å². The molecule has 96 valence electrons. The maximum Gasteiger partial charge on any atom is 0.0990 e. The first-order chi connectivity index (χ1) is 7.83. The zero-order chi connectivity index (χ0) is 11.8. The maximum atomic E-state index is 5.86. The molecule has 1 fully saturated rings. The minimum Gasteiger partial charge on any atom is -0.375 e. The summed E-state index contributed by atoms with van der Waals surface area (Å²) < 4.78 is 11.6. The third kappa shape index (κ3) is 4.04. The Morgan fingerprint density at radius 2 is 1.69 bits per heavy atom. The van der Waals surface area contributed by atoms with E-state index >= 15 is 0 Å². The van der Waals surface area contributed by atoms with Crippen molar-refractivity contribution in [1.82, 2.24) is 5.32 Å². The molecular formula is C13H27NO2. The quantitative estimate of drug-likeness (QED) is 0.658. The van der Waals surface area contributed by atoms with E-state index in [-0.39, 0.29) is 6.10 Å². The first-order valence-electron chi connectivity index (χ1n) is 6.80. The average molecular weight is 229 g/mol. The van der Waals surface area contributed by atoms with Crippen molar-refractivity contribution in [1.29, 1.82) is 0 Å². The molecule has 0 spiro atoms. The molecule has 1 aliphatic rings. The summed E-state index contributed by atoms with van der Waals surface area (Å²) in [6.07, 6.45) is 5.05. The Hall–Kier alpha value is -0.120. The average Bonchev–Trinajstić information content (AvgIpc) is 2.28. The SMILES string of the molecule is CCCNC1CC(OCCC)C1OCCC. The zero-order valence-corrected chi connectivity index (χ0v) is 11.0. The largest absolute Gasteiger partial charge is 0.375 e. The van der Waals surface area contributed by atoms with E-state index < -0.39 is 0 Å². The van der Waals surface area contributed by atoms with Crippen molar-refractivity contribution < 1.29 is 9.47 Å². The number of ether oxygens (including phenoxy) is 2.